The minimum Gasteiger partial charge on any atom is -0.325 e. The van der Waals surface area contributed by atoms with Crippen LogP contribution in [0.3, 0.4) is 0 Å². The van der Waals surface area contributed by atoms with Crippen LogP contribution in [0, 0.1) is 12.3 Å². The molecule has 1 saturated heterocycles. The largest absolute Gasteiger partial charge is 0.325 e. The van der Waals surface area contributed by atoms with Crippen molar-refractivity contribution in [3.05, 3.63) is 28.2 Å². The van der Waals surface area contributed by atoms with Gasteiger partial charge in [-0.15, -0.1) is 12.4 Å². The highest BCUT2D eigenvalue weighted by atomic mass is 79.9. The molecule has 1 aliphatic heterocycles. The van der Waals surface area contributed by atoms with E-state index >= 15 is 0 Å². The number of nitrogens with one attached hydrogen (secondary N) is 2. The third kappa shape index (κ3) is 3.05. The molecule has 1 amide bonds. The van der Waals surface area contributed by atoms with Gasteiger partial charge in [0.2, 0.25) is 5.91 Å². The molecule has 0 radical (unpaired) electrons. The molecule has 0 bridgehead atoms. The zero-order valence-electron chi connectivity index (χ0n) is 10.5. The van der Waals surface area contributed by atoms with Crippen molar-refractivity contribution in [3.8, 4) is 0 Å². The van der Waals surface area contributed by atoms with Crippen LogP contribution in [-0.2, 0) is 4.79 Å². The Bertz CT molecular complexity index is 445. The number of hydrogen-bond donors (Lipinski definition) is 2. The van der Waals surface area contributed by atoms with Gasteiger partial charge in [-0.25, -0.2) is 0 Å². The maximum Gasteiger partial charge on any atom is 0.231 e. The van der Waals surface area contributed by atoms with Gasteiger partial charge in [-0.3, -0.25) is 4.79 Å². The molecule has 0 aromatic heterocycles. The third-order valence-electron chi connectivity index (χ3n) is 3.43. The second-order valence-electron chi connectivity index (χ2n) is 4.85. The van der Waals surface area contributed by atoms with Crippen LogP contribution in [0.5, 0.6) is 0 Å². The van der Waals surface area contributed by atoms with Crippen molar-refractivity contribution in [2.45, 2.75) is 20.3 Å². The van der Waals surface area contributed by atoms with E-state index < -0.39 is 0 Å². The predicted octanol–water partition coefficient (Wildman–Crippen LogP) is 3.12. The molecule has 2 N–H and O–H groups in total. The summed E-state index contributed by atoms with van der Waals surface area (Å²) >= 11 is 3.47. The van der Waals surface area contributed by atoms with E-state index in [0.717, 1.165) is 35.2 Å². The van der Waals surface area contributed by atoms with Crippen molar-refractivity contribution in [1.29, 1.82) is 0 Å². The molecule has 18 heavy (non-hydrogen) atoms. The minimum absolute atomic E-state index is 0. The Kier molecular flexibility index (Phi) is 5.20. The van der Waals surface area contributed by atoms with Gasteiger partial charge in [0, 0.05) is 16.7 Å². The minimum atomic E-state index is -0.283. The average molecular weight is 334 g/mol. The first-order valence-electron chi connectivity index (χ1n) is 5.80. The molecule has 3 nitrogen and oxygen atoms in total. The van der Waals surface area contributed by atoms with E-state index in [2.05, 4.69) is 26.6 Å². The van der Waals surface area contributed by atoms with Crippen LogP contribution < -0.4 is 10.6 Å². The lowest BCUT2D eigenvalue weighted by molar-refractivity contribution is -0.123. The summed E-state index contributed by atoms with van der Waals surface area (Å²) in [6.45, 7) is 5.68. The third-order valence-corrected chi connectivity index (χ3v) is 4.29. The Labute approximate surface area is 122 Å². The maximum atomic E-state index is 12.2. The molecule has 1 fully saturated rings. The summed E-state index contributed by atoms with van der Waals surface area (Å²) in [5.41, 5.74) is 1.67. The van der Waals surface area contributed by atoms with Gasteiger partial charge >= 0.3 is 0 Å². The predicted molar refractivity (Wildman–Crippen MR) is 80.4 cm³/mol. The van der Waals surface area contributed by atoms with Crippen LogP contribution in [0.15, 0.2) is 22.7 Å². The fraction of sp³-hybridized carbons (Fsp3) is 0.462. The zero-order chi connectivity index (χ0) is 12.5. The van der Waals surface area contributed by atoms with Crippen molar-refractivity contribution < 1.29 is 4.79 Å². The van der Waals surface area contributed by atoms with Crippen LogP contribution in [0.25, 0.3) is 0 Å². The van der Waals surface area contributed by atoms with Crippen LogP contribution in [0.2, 0.25) is 0 Å². The molecule has 1 aromatic carbocycles. The van der Waals surface area contributed by atoms with E-state index in [9.17, 15) is 4.79 Å². The highest BCUT2D eigenvalue weighted by Gasteiger charge is 2.36. The lowest BCUT2D eigenvalue weighted by Crippen LogP contribution is -2.35. The smallest absolute Gasteiger partial charge is 0.231 e. The molecule has 2 rings (SSSR count). The number of halogens is 2. The number of hydrogen-bond acceptors (Lipinski definition) is 2. The van der Waals surface area contributed by atoms with Gasteiger partial charge in [0.25, 0.3) is 0 Å². The van der Waals surface area contributed by atoms with Crippen LogP contribution in [-0.4, -0.2) is 19.0 Å². The number of rotatable bonds is 2. The van der Waals surface area contributed by atoms with Gasteiger partial charge < -0.3 is 10.6 Å². The van der Waals surface area contributed by atoms with E-state index in [-0.39, 0.29) is 23.7 Å². The molecular weight excluding hydrogens is 316 g/mol. The molecule has 1 aromatic rings. The molecule has 5 heteroatoms. The van der Waals surface area contributed by atoms with Crippen LogP contribution >= 0.6 is 28.3 Å². The standard InChI is InChI=1S/C13H17BrN2O.ClH/c1-9-10(14)4-3-5-11(9)16-12(17)13(2)6-7-15-8-13;/h3-5,15H,6-8H2,1-2H3,(H,16,17);1H. The highest BCUT2D eigenvalue weighted by molar-refractivity contribution is 9.10. The zero-order valence-corrected chi connectivity index (χ0v) is 13.0. The van der Waals surface area contributed by atoms with Crippen molar-refractivity contribution >= 4 is 39.9 Å². The van der Waals surface area contributed by atoms with E-state index in [1.165, 1.54) is 0 Å². The first-order valence-corrected chi connectivity index (χ1v) is 6.59. The maximum absolute atomic E-state index is 12.2. The van der Waals surface area contributed by atoms with Gasteiger partial charge in [0.05, 0.1) is 5.41 Å². The quantitative estimate of drug-likeness (QED) is 0.873. The fourth-order valence-corrected chi connectivity index (χ4v) is 2.39. The SMILES string of the molecule is Cc1c(Br)cccc1NC(=O)C1(C)CCNC1.Cl. The van der Waals surface area contributed by atoms with Crippen molar-refractivity contribution in [2.24, 2.45) is 5.41 Å². The molecular formula is C13H18BrClN2O. The van der Waals surface area contributed by atoms with E-state index in [1.54, 1.807) is 0 Å². The van der Waals surface area contributed by atoms with Gasteiger partial charge in [0.15, 0.2) is 0 Å². The van der Waals surface area contributed by atoms with Crippen molar-refractivity contribution in [2.75, 3.05) is 18.4 Å². The molecule has 1 unspecified atom stereocenters. The topological polar surface area (TPSA) is 41.1 Å². The molecule has 1 heterocycles. The lowest BCUT2D eigenvalue weighted by atomic mass is 9.88. The fourth-order valence-electron chi connectivity index (χ4n) is 2.03. The second-order valence-corrected chi connectivity index (χ2v) is 5.71. The summed E-state index contributed by atoms with van der Waals surface area (Å²) in [6, 6.07) is 5.84. The Hall–Kier alpha value is -0.580. The number of amides is 1. The number of carbonyl (C=O) groups is 1. The first kappa shape index (κ1) is 15.5. The molecule has 1 aliphatic rings. The Balaban J connectivity index is 0.00000162. The average Bonchev–Trinajstić information content (AvgIpc) is 2.73. The normalized spacial score (nSPS) is 22.4. The van der Waals surface area contributed by atoms with Crippen LogP contribution in [0.4, 0.5) is 5.69 Å². The van der Waals surface area contributed by atoms with E-state index in [0.29, 0.717) is 0 Å². The summed E-state index contributed by atoms with van der Waals surface area (Å²) in [6.07, 6.45) is 0.895. The molecule has 1 atom stereocenters. The van der Waals surface area contributed by atoms with Gasteiger partial charge in [-0.05, 0) is 44.5 Å². The Morgan fingerprint density at radius 2 is 2.22 bits per heavy atom. The van der Waals surface area contributed by atoms with Gasteiger partial charge in [-0.1, -0.05) is 22.0 Å². The second kappa shape index (κ2) is 6.04. The Morgan fingerprint density at radius 1 is 1.50 bits per heavy atom. The van der Waals surface area contributed by atoms with E-state index in [4.69, 9.17) is 0 Å². The lowest BCUT2D eigenvalue weighted by Gasteiger charge is -2.22. The van der Waals surface area contributed by atoms with Gasteiger partial charge in [0.1, 0.15) is 0 Å². The number of benzene rings is 1. The van der Waals surface area contributed by atoms with Crippen LogP contribution in [0.1, 0.15) is 18.9 Å². The molecule has 0 spiro atoms. The highest BCUT2D eigenvalue weighted by Crippen LogP contribution is 2.29. The molecule has 0 aliphatic carbocycles. The summed E-state index contributed by atoms with van der Waals surface area (Å²) < 4.78 is 1.02. The number of carbonyl (C=O) groups excluding carboxylic acids is 1. The summed E-state index contributed by atoms with van der Waals surface area (Å²) in [4.78, 5) is 12.2. The van der Waals surface area contributed by atoms with Crippen molar-refractivity contribution in [1.82, 2.24) is 5.32 Å². The molecule has 100 valence electrons. The first-order chi connectivity index (χ1) is 8.03. The summed E-state index contributed by atoms with van der Waals surface area (Å²) in [5.74, 6) is 0.101. The summed E-state index contributed by atoms with van der Waals surface area (Å²) in [7, 11) is 0. The number of anilines is 1. The summed E-state index contributed by atoms with van der Waals surface area (Å²) in [5, 5.41) is 6.26. The van der Waals surface area contributed by atoms with Gasteiger partial charge in [-0.2, -0.15) is 0 Å². The monoisotopic (exact) mass is 332 g/mol. The van der Waals surface area contributed by atoms with Crippen molar-refractivity contribution in [3.63, 3.8) is 0 Å². The molecule has 0 saturated carbocycles. The Morgan fingerprint density at radius 3 is 2.83 bits per heavy atom. The van der Waals surface area contributed by atoms with E-state index in [1.807, 2.05) is 32.0 Å².